The lowest BCUT2D eigenvalue weighted by Crippen LogP contribution is -2.29. The van der Waals surface area contributed by atoms with Crippen LogP contribution in [0.1, 0.15) is 26.5 Å². The van der Waals surface area contributed by atoms with Crippen molar-refractivity contribution in [2.75, 3.05) is 0 Å². The van der Waals surface area contributed by atoms with Gasteiger partial charge in [-0.3, -0.25) is 4.79 Å². The van der Waals surface area contributed by atoms with Crippen LogP contribution in [0, 0.1) is 0 Å². The summed E-state index contributed by atoms with van der Waals surface area (Å²) in [6.07, 6.45) is 1.14. The van der Waals surface area contributed by atoms with E-state index in [0.717, 1.165) is 6.26 Å². The van der Waals surface area contributed by atoms with E-state index in [1.54, 1.807) is 6.07 Å². The predicted octanol–water partition coefficient (Wildman–Crippen LogP) is 1.32. The van der Waals surface area contributed by atoms with Crippen LogP contribution < -0.4 is 0 Å². The fourth-order valence-corrected chi connectivity index (χ4v) is 3.74. The fourth-order valence-electron chi connectivity index (χ4n) is 2.19. The summed E-state index contributed by atoms with van der Waals surface area (Å²) in [7, 11) is -3.96. The van der Waals surface area contributed by atoms with Gasteiger partial charge in [0.15, 0.2) is 0 Å². The van der Waals surface area contributed by atoms with Crippen LogP contribution in [-0.2, 0) is 16.6 Å². The molecule has 3 rings (SSSR count). The van der Waals surface area contributed by atoms with Crippen LogP contribution in [0.25, 0.3) is 0 Å². The maximum absolute atomic E-state index is 12.3. The number of sulfonamides is 1. The first-order valence-corrected chi connectivity index (χ1v) is 7.32. The molecule has 0 radical (unpaired) electrons. The Morgan fingerprint density at radius 2 is 1.95 bits per heavy atom. The van der Waals surface area contributed by atoms with E-state index in [4.69, 9.17) is 9.52 Å². The molecule has 0 atom stereocenters. The van der Waals surface area contributed by atoms with E-state index in [1.165, 1.54) is 24.3 Å². The Labute approximate surface area is 119 Å². The van der Waals surface area contributed by atoms with Crippen molar-refractivity contribution in [1.29, 1.82) is 0 Å². The highest BCUT2D eigenvalue weighted by Crippen LogP contribution is 2.31. The van der Waals surface area contributed by atoms with E-state index >= 15 is 0 Å². The summed E-state index contributed by atoms with van der Waals surface area (Å²) in [5, 5.41) is 8.95. The largest absolute Gasteiger partial charge is 0.475 e. The van der Waals surface area contributed by atoms with Crippen molar-refractivity contribution in [3.8, 4) is 0 Å². The van der Waals surface area contributed by atoms with E-state index in [0.29, 0.717) is 4.31 Å². The molecule has 1 aromatic heterocycles. The number of nitrogens with zero attached hydrogens (tertiary/aromatic N) is 1. The average Bonchev–Trinajstić information content (AvgIpc) is 2.98. The van der Waals surface area contributed by atoms with Gasteiger partial charge >= 0.3 is 5.97 Å². The third-order valence-corrected chi connectivity index (χ3v) is 4.95. The monoisotopic (exact) mass is 307 g/mol. The topological polar surface area (TPSA) is 105 Å². The Hall–Kier alpha value is -2.61. The molecule has 1 aromatic carbocycles. The highest BCUT2D eigenvalue weighted by molar-refractivity contribution is 7.90. The summed E-state index contributed by atoms with van der Waals surface area (Å²) in [4.78, 5) is 23.1. The number of furan rings is 1. The number of carboxylic acids is 1. The molecule has 1 aliphatic heterocycles. The van der Waals surface area contributed by atoms with E-state index in [-0.39, 0.29) is 28.3 Å². The zero-order valence-electron chi connectivity index (χ0n) is 10.5. The number of hydrogen-bond acceptors (Lipinski definition) is 5. The summed E-state index contributed by atoms with van der Waals surface area (Å²) in [5.74, 6) is -2.38. The zero-order valence-corrected chi connectivity index (χ0v) is 11.3. The van der Waals surface area contributed by atoms with Crippen molar-refractivity contribution in [3.05, 3.63) is 53.5 Å². The second-order valence-corrected chi connectivity index (χ2v) is 6.22. The Balaban J connectivity index is 2.04. The highest BCUT2D eigenvalue weighted by atomic mass is 32.2. The molecule has 0 saturated heterocycles. The molecule has 1 aliphatic rings. The first-order chi connectivity index (χ1) is 9.93. The van der Waals surface area contributed by atoms with Gasteiger partial charge in [-0.05, 0) is 18.2 Å². The molecule has 2 aromatic rings. The Kier molecular flexibility index (Phi) is 2.84. The normalized spacial score (nSPS) is 16.0. The van der Waals surface area contributed by atoms with Crippen molar-refractivity contribution in [2.24, 2.45) is 0 Å². The van der Waals surface area contributed by atoms with Gasteiger partial charge < -0.3 is 9.52 Å². The maximum Gasteiger partial charge on any atom is 0.372 e. The minimum Gasteiger partial charge on any atom is -0.475 e. The lowest BCUT2D eigenvalue weighted by molar-refractivity contribution is 0.0657. The Morgan fingerprint density at radius 1 is 1.24 bits per heavy atom. The summed E-state index contributed by atoms with van der Waals surface area (Å²) in [5.41, 5.74) is 0.199. The third kappa shape index (κ3) is 1.91. The Bertz CT molecular complexity index is 851. The van der Waals surface area contributed by atoms with Gasteiger partial charge in [0.1, 0.15) is 4.90 Å². The number of carboxylic acid groups (broad SMARTS) is 1. The number of hydrogen-bond donors (Lipinski definition) is 1. The van der Waals surface area contributed by atoms with Crippen molar-refractivity contribution in [3.63, 3.8) is 0 Å². The quantitative estimate of drug-likeness (QED) is 0.917. The SMILES string of the molecule is O=C(O)c1occc1CN1C(=O)c2ccccc2S1(=O)=O. The summed E-state index contributed by atoms with van der Waals surface area (Å²) in [6.45, 7) is -0.381. The van der Waals surface area contributed by atoms with Crippen LogP contribution in [0.4, 0.5) is 0 Å². The van der Waals surface area contributed by atoms with Gasteiger partial charge in [0.25, 0.3) is 15.9 Å². The first-order valence-electron chi connectivity index (χ1n) is 5.88. The molecule has 1 amide bonds. The average molecular weight is 307 g/mol. The number of carbonyl (C=O) groups excluding carboxylic acids is 1. The molecular weight excluding hydrogens is 298 g/mol. The molecule has 7 nitrogen and oxygen atoms in total. The zero-order chi connectivity index (χ0) is 15.2. The number of amides is 1. The molecule has 0 aliphatic carbocycles. The molecule has 0 saturated carbocycles. The molecule has 2 heterocycles. The standard InChI is InChI=1S/C13H9NO6S/c15-12-9-3-1-2-4-10(9)21(18,19)14(12)7-8-5-6-20-11(8)13(16)17/h1-6H,7H2,(H,16,17). The molecule has 0 spiro atoms. The van der Waals surface area contributed by atoms with Crippen molar-refractivity contribution in [1.82, 2.24) is 4.31 Å². The highest BCUT2D eigenvalue weighted by Gasteiger charge is 2.41. The van der Waals surface area contributed by atoms with Crippen LogP contribution >= 0.6 is 0 Å². The van der Waals surface area contributed by atoms with Gasteiger partial charge in [0.2, 0.25) is 5.76 Å². The molecular formula is C13H9NO6S. The lowest BCUT2D eigenvalue weighted by Gasteiger charge is -2.14. The number of benzene rings is 1. The van der Waals surface area contributed by atoms with Gasteiger partial charge in [-0.1, -0.05) is 12.1 Å². The summed E-state index contributed by atoms with van der Waals surface area (Å²) < 4.78 is 30.1. The van der Waals surface area contributed by atoms with Gasteiger partial charge in [-0.25, -0.2) is 17.5 Å². The van der Waals surface area contributed by atoms with Crippen LogP contribution in [0.2, 0.25) is 0 Å². The van der Waals surface area contributed by atoms with Crippen molar-refractivity contribution in [2.45, 2.75) is 11.4 Å². The molecule has 108 valence electrons. The van der Waals surface area contributed by atoms with Gasteiger partial charge in [-0.2, -0.15) is 0 Å². The van der Waals surface area contributed by atoms with E-state index in [1.807, 2.05) is 0 Å². The molecule has 0 unspecified atom stereocenters. The second-order valence-electron chi connectivity index (χ2n) is 4.39. The molecule has 21 heavy (non-hydrogen) atoms. The van der Waals surface area contributed by atoms with Crippen LogP contribution in [-0.4, -0.2) is 29.7 Å². The second kappa shape index (κ2) is 4.45. The maximum atomic E-state index is 12.3. The molecule has 0 fully saturated rings. The van der Waals surface area contributed by atoms with Crippen molar-refractivity contribution >= 4 is 21.9 Å². The van der Waals surface area contributed by atoms with Gasteiger partial charge in [-0.15, -0.1) is 0 Å². The lowest BCUT2D eigenvalue weighted by atomic mass is 10.2. The first kappa shape index (κ1) is 13.4. The molecule has 1 N–H and O–H groups in total. The van der Waals surface area contributed by atoms with E-state index in [2.05, 4.69) is 0 Å². The number of aromatic carboxylic acids is 1. The number of rotatable bonds is 3. The summed E-state index contributed by atoms with van der Waals surface area (Å²) in [6, 6.07) is 7.18. The van der Waals surface area contributed by atoms with Crippen LogP contribution in [0.5, 0.6) is 0 Å². The molecule has 8 heteroatoms. The van der Waals surface area contributed by atoms with Gasteiger partial charge in [0, 0.05) is 5.56 Å². The predicted molar refractivity (Wildman–Crippen MR) is 69.2 cm³/mol. The number of carbonyl (C=O) groups is 2. The van der Waals surface area contributed by atoms with Crippen molar-refractivity contribution < 1.29 is 27.5 Å². The minimum absolute atomic E-state index is 0.0737. The Morgan fingerprint density at radius 3 is 2.62 bits per heavy atom. The smallest absolute Gasteiger partial charge is 0.372 e. The third-order valence-electron chi connectivity index (χ3n) is 3.17. The molecule has 0 bridgehead atoms. The van der Waals surface area contributed by atoms with Gasteiger partial charge in [0.05, 0.1) is 18.4 Å². The van der Waals surface area contributed by atoms with E-state index in [9.17, 15) is 18.0 Å². The fraction of sp³-hybridized carbons (Fsp3) is 0.0769. The van der Waals surface area contributed by atoms with Crippen LogP contribution in [0.15, 0.2) is 45.9 Å². The van der Waals surface area contributed by atoms with E-state index < -0.39 is 21.9 Å². The summed E-state index contributed by atoms with van der Waals surface area (Å²) >= 11 is 0. The van der Waals surface area contributed by atoms with Crippen LogP contribution in [0.3, 0.4) is 0 Å². The minimum atomic E-state index is -3.96. The number of fused-ring (bicyclic) bond motifs is 1.